The molecule has 1 aliphatic carbocycles. The highest BCUT2D eigenvalue weighted by Gasteiger charge is 2.44. The third kappa shape index (κ3) is 6.24. The number of furan rings is 1. The highest BCUT2D eigenvalue weighted by atomic mass is 32.1. The lowest BCUT2D eigenvalue weighted by molar-refractivity contribution is 0.590. The number of aryl methyl sites for hydroxylation is 1. The van der Waals surface area contributed by atoms with E-state index in [1.807, 2.05) is 17.4 Å². The molecule has 0 saturated heterocycles. The maximum Gasteiger partial charge on any atom is 0.252 e. The second kappa shape index (κ2) is 14.7. The molecule has 0 bridgehead atoms. The van der Waals surface area contributed by atoms with E-state index in [0.29, 0.717) is 0 Å². The summed E-state index contributed by atoms with van der Waals surface area (Å²) < 4.78 is 7.89. The van der Waals surface area contributed by atoms with Gasteiger partial charge in [0, 0.05) is 60.0 Å². The summed E-state index contributed by atoms with van der Waals surface area (Å²) in [6.07, 6.45) is 4.62. The molecule has 4 heterocycles. The van der Waals surface area contributed by atoms with E-state index >= 15 is 0 Å². The number of hydrogen-bond acceptors (Lipinski definition) is 4. The van der Waals surface area contributed by atoms with Crippen LogP contribution in [0.5, 0.6) is 0 Å². The average molecular weight is 883 g/mol. The van der Waals surface area contributed by atoms with Crippen molar-refractivity contribution in [2.75, 3.05) is 9.80 Å². The monoisotopic (exact) mass is 882 g/mol. The lowest BCUT2D eigenvalue weighted by Crippen LogP contribution is -2.61. The molecule has 0 radical (unpaired) electrons. The predicted octanol–water partition coefficient (Wildman–Crippen LogP) is 15.5. The van der Waals surface area contributed by atoms with Crippen molar-refractivity contribution in [1.29, 1.82) is 0 Å². The Hall–Kier alpha value is -7.08. The van der Waals surface area contributed by atoms with E-state index in [1.54, 1.807) is 0 Å². The summed E-state index contributed by atoms with van der Waals surface area (Å²) in [5.41, 5.74) is 22.0. The molecule has 13 rings (SSSR count). The Bertz CT molecular complexity index is 3670. The standard InChI is InChI=1S/C62H51BN2OS/c1-61(2,3)40-28-34-50-54(36-40)64(42-30-24-38(25-31-42)44-16-11-18-48-46-14-7-9-22-56(46)66-59(44)48)52-20-13-21-53-58(52)63(50)51-35-29-41(62(4,5)6)37-55(51)65(53)43-32-26-39(27-33-43)45-17-12-19-49-47-15-8-10-23-57(47)67-60(45)49/h7-11,13-18,20-37H,12,19H2,1-6H3. The Kier molecular flexibility index (Phi) is 8.83. The molecule has 5 heteroatoms. The molecule has 10 aromatic rings. The summed E-state index contributed by atoms with van der Waals surface area (Å²) in [5, 5.41) is 3.70. The van der Waals surface area contributed by atoms with E-state index in [-0.39, 0.29) is 17.5 Å². The largest absolute Gasteiger partial charge is 0.455 e. The number of hydrogen-bond donors (Lipinski definition) is 0. The summed E-state index contributed by atoms with van der Waals surface area (Å²) in [7, 11) is 0. The molecule has 0 N–H and O–H groups in total. The van der Waals surface area contributed by atoms with Gasteiger partial charge in [-0.3, -0.25) is 0 Å². The third-order valence-corrected chi connectivity index (χ3v) is 15.9. The van der Waals surface area contributed by atoms with Gasteiger partial charge in [-0.05, 0) is 140 Å². The molecule has 0 amide bonds. The molecular formula is C62H51BN2OS. The van der Waals surface area contributed by atoms with Crippen LogP contribution in [0.2, 0.25) is 0 Å². The number of fused-ring (bicyclic) bond motifs is 10. The molecule has 324 valence electrons. The predicted molar refractivity (Wildman–Crippen MR) is 288 cm³/mol. The smallest absolute Gasteiger partial charge is 0.252 e. The number of benzene rings is 8. The van der Waals surface area contributed by atoms with Gasteiger partial charge in [0.25, 0.3) is 6.71 Å². The second-order valence-corrected chi connectivity index (χ2v) is 21.8. The first-order valence-electron chi connectivity index (χ1n) is 23.8. The first kappa shape index (κ1) is 40.2. The molecule has 2 aromatic heterocycles. The van der Waals surface area contributed by atoms with E-state index in [2.05, 4.69) is 221 Å². The Balaban J connectivity index is 0.976. The average Bonchev–Trinajstić information content (AvgIpc) is 3.92. The summed E-state index contributed by atoms with van der Waals surface area (Å²) in [6.45, 7) is 14.0. The Morgan fingerprint density at radius 3 is 1.73 bits per heavy atom. The SMILES string of the molecule is CC(C)(C)c1ccc2c(c1)N(c1ccc(C3=CCCc4c3sc3ccccc43)cc1)c1cccc3c1B2c1ccc(C(C)(C)C)cc1N3c1ccc(-c2cccc3c2oc2ccccc23)cc1. The quantitative estimate of drug-likeness (QED) is 0.164. The third-order valence-electron chi connectivity index (χ3n) is 14.7. The highest BCUT2D eigenvalue weighted by molar-refractivity contribution is 7.20. The van der Waals surface area contributed by atoms with E-state index in [9.17, 15) is 0 Å². The van der Waals surface area contributed by atoms with Crippen molar-refractivity contribution in [2.24, 2.45) is 0 Å². The van der Waals surface area contributed by atoms with E-state index in [4.69, 9.17) is 4.42 Å². The zero-order chi connectivity index (χ0) is 45.3. The van der Waals surface area contributed by atoms with Crippen LogP contribution in [0, 0.1) is 0 Å². The van der Waals surface area contributed by atoms with E-state index in [1.165, 1.54) is 87.6 Å². The Morgan fingerprint density at radius 1 is 0.522 bits per heavy atom. The maximum atomic E-state index is 6.51. The number of para-hydroxylation sites is 2. The second-order valence-electron chi connectivity index (χ2n) is 20.8. The molecule has 0 atom stereocenters. The molecule has 3 aliphatic rings. The van der Waals surface area contributed by atoms with Gasteiger partial charge in [-0.25, -0.2) is 0 Å². The topological polar surface area (TPSA) is 19.6 Å². The molecule has 0 fully saturated rings. The summed E-state index contributed by atoms with van der Waals surface area (Å²) in [5.74, 6) is 0. The molecule has 3 nitrogen and oxygen atoms in total. The fraction of sp³-hybridized carbons (Fsp3) is 0.161. The normalized spacial score (nSPS) is 14.3. The number of anilines is 6. The van der Waals surface area contributed by atoms with E-state index in [0.717, 1.165) is 51.6 Å². The number of thiophene rings is 1. The molecule has 0 saturated carbocycles. The van der Waals surface area contributed by atoms with Gasteiger partial charge in [0.2, 0.25) is 0 Å². The van der Waals surface area contributed by atoms with Gasteiger partial charge in [0.05, 0.1) is 0 Å². The molecule has 2 aliphatic heterocycles. The summed E-state index contributed by atoms with van der Waals surface area (Å²) in [4.78, 5) is 6.50. The lowest BCUT2D eigenvalue weighted by atomic mass is 9.33. The van der Waals surface area contributed by atoms with Crippen LogP contribution in [-0.4, -0.2) is 6.71 Å². The van der Waals surface area contributed by atoms with Gasteiger partial charge >= 0.3 is 0 Å². The van der Waals surface area contributed by atoms with Crippen molar-refractivity contribution >= 4 is 106 Å². The molecular weight excluding hydrogens is 832 g/mol. The molecule has 67 heavy (non-hydrogen) atoms. The van der Waals surface area contributed by atoms with Crippen LogP contribution in [0.25, 0.3) is 48.7 Å². The number of rotatable bonds is 4. The van der Waals surface area contributed by atoms with Gasteiger partial charge in [-0.15, -0.1) is 11.3 Å². The first-order chi connectivity index (χ1) is 32.5. The maximum absolute atomic E-state index is 6.51. The van der Waals surface area contributed by atoms with Gasteiger partial charge in [0.1, 0.15) is 11.2 Å². The van der Waals surface area contributed by atoms with Crippen molar-refractivity contribution in [3.63, 3.8) is 0 Å². The lowest BCUT2D eigenvalue weighted by Gasteiger charge is -2.44. The zero-order valence-electron chi connectivity index (χ0n) is 38.9. The Morgan fingerprint density at radius 2 is 1.09 bits per heavy atom. The zero-order valence-corrected chi connectivity index (χ0v) is 39.8. The van der Waals surface area contributed by atoms with Crippen molar-refractivity contribution < 1.29 is 4.42 Å². The summed E-state index contributed by atoms with van der Waals surface area (Å²) in [6, 6.07) is 63.8. The van der Waals surface area contributed by atoms with Crippen molar-refractivity contribution in [2.45, 2.75) is 65.2 Å². The highest BCUT2D eigenvalue weighted by Crippen LogP contribution is 2.47. The van der Waals surface area contributed by atoms with Crippen molar-refractivity contribution in [1.82, 2.24) is 0 Å². The van der Waals surface area contributed by atoms with Crippen LogP contribution < -0.4 is 26.2 Å². The van der Waals surface area contributed by atoms with Crippen molar-refractivity contribution in [3.8, 4) is 11.1 Å². The molecule has 0 unspecified atom stereocenters. The minimum atomic E-state index is -0.0286. The Labute approximate surface area is 397 Å². The first-order valence-corrected chi connectivity index (χ1v) is 24.7. The van der Waals surface area contributed by atoms with Gasteiger partial charge in [0.15, 0.2) is 0 Å². The molecule has 8 aromatic carbocycles. The van der Waals surface area contributed by atoms with Crippen LogP contribution in [0.15, 0.2) is 180 Å². The minimum absolute atomic E-state index is 0.0208. The number of allylic oxidation sites excluding steroid dienone is 1. The number of nitrogens with zero attached hydrogens (tertiary/aromatic N) is 2. The van der Waals surface area contributed by atoms with Crippen LogP contribution in [-0.2, 0) is 17.3 Å². The van der Waals surface area contributed by atoms with Crippen LogP contribution in [0.4, 0.5) is 34.1 Å². The minimum Gasteiger partial charge on any atom is -0.455 e. The van der Waals surface area contributed by atoms with Crippen LogP contribution >= 0.6 is 11.3 Å². The van der Waals surface area contributed by atoms with E-state index < -0.39 is 0 Å². The van der Waals surface area contributed by atoms with Gasteiger partial charge < -0.3 is 14.2 Å². The van der Waals surface area contributed by atoms with Crippen molar-refractivity contribution in [3.05, 3.63) is 203 Å². The van der Waals surface area contributed by atoms with Crippen LogP contribution in [0.1, 0.15) is 75.1 Å². The fourth-order valence-electron chi connectivity index (χ4n) is 11.2. The molecule has 0 spiro atoms. The van der Waals surface area contributed by atoms with Gasteiger partial charge in [-0.1, -0.05) is 157 Å². The summed E-state index contributed by atoms with van der Waals surface area (Å²) >= 11 is 1.94. The van der Waals surface area contributed by atoms with Crippen LogP contribution in [0.3, 0.4) is 0 Å². The van der Waals surface area contributed by atoms with Gasteiger partial charge in [-0.2, -0.15) is 0 Å². The fourth-order valence-corrected chi connectivity index (χ4v) is 12.6.